The van der Waals surface area contributed by atoms with Crippen LogP contribution in [0.3, 0.4) is 0 Å². The first-order chi connectivity index (χ1) is 8.69. The summed E-state index contributed by atoms with van der Waals surface area (Å²) in [5.74, 6) is 2.32. The summed E-state index contributed by atoms with van der Waals surface area (Å²) in [6.07, 6.45) is 0. The second-order valence-electron chi connectivity index (χ2n) is 4.67. The lowest BCUT2D eigenvalue weighted by Crippen LogP contribution is -2.07. The van der Waals surface area contributed by atoms with Gasteiger partial charge >= 0.3 is 0 Å². The van der Waals surface area contributed by atoms with Gasteiger partial charge in [-0.05, 0) is 18.1 Å². The van der Waals surface area contributed by atoms with Gasteiger partial charge in [-0.2, -0.15) is 5.10 Å². The summed E-state index contributed by atoms with van der Waals surface area (Å²) in [5, 5.41) is 10.6. The third-order valence-corrected chi connectivity index (χ3v) is 2.65. The Balaban J connectivity index is 2.13. The van der Waals surface area contributed by atoms with Crippen LogP contribution in [0.2, 0.25) is 0 Å². The Hall–Kier alpha value is -1.97. The molecular weight excluding hydrogens is 226 g/mol. The van der Waals surface area contributed by atoms with Crippen molar-refractivity contribution in [1.82, 2.24) is 10.2 Å². The van der Waals surface area contributed by atoms with E-state index in [4.69, 9.17) is 4.74 Å². The highest BCUT2D eigenvalue weighted by Gasteiger charge is 2.04. The van der Waals surface area contributed by atoms with E-state index in [1.165, 1.54) is 0 Å². The fourth-order valence-corrected chi connectivity index (χ4v) is 1.66. The summed E-state index contributed by atoms with van der Waals surface area (Å²) in [7, 11) is 1.67. The van der Waals surface area contributed by atoms with Crippen molar-refractivity contribution in [3.63, 3.8) is 0 Å². The lowest BCUT2D eigenvalue weighted by Gasteiger charge is -2.04. The molecule has 2 aromatic rings. The Morgan fingerprint density at radius 2 is 2.17 bits per heavy atom. The number of anilines is 1. The summed E-state index contributed by atoms with van der Waals surface area (Å²) in [5.41, 5.74) is 2.06. The van der Waals surface area contributed by atoms with Crippen molar-refractivity contribution in [2.75, 3.05) is 19.0 Å². The number of H-pyrrole nitrogens is 1. The van der Waals surface area contributed by atoms with Crippen molar-refractivity contribution in [1.29, 1.82) is 0 Å². The first-order valence-corrected chi connectivity index (χ1v) is 6.12. The number of ether oxygens (including phenoxy) is 1. The Bertz CT molecular complexity index is 505. The summed E-state index contributed by atoms with van der Waals surface area (Å²) in [6, 6.07) is 9.92. The zero-order valence-electron chi connectivity index (χ0n) is 11.0. The molecule has 0 saturated heterocycles. The van der Waals surface area contributed by atoms with Gasteiger partial charge in [0.1, 0.15) is 11.6 Å². The van der Waals surface area contributed by atoms with Crippen LogP contribution in [0.5, 0.6) is 5.75 Å². The van der Waals surface area contributed by atoms with Crippen molar-refractivity contribution in [3.05, 3.63) is 30.3 Å². The molecule has 96 valence electrons. The molecule has 0 bridgehead atoms. The van der Waals surface area contributed by atoms with E-state index in [0.717, 1.165) is 29.4 Å². The van der Waals surface area contributed by atoms with Crippen LogP contribution in [-0.2, 0) is 0 Å². The molecule has 0 amide bonds. The molecule has 1 aromatic heterocycles. The van der Waals surface area contributed by atoms with Crippen LogP contribution in [0, 0.1) is 5.92 Å². The van der Waals surface area contributed by atoms with Gasteiger partial charge in [-0.25, -0.2) is 0 Å². The summed E-state index contributed by atoms with van der Waals surface area (Å²) < 4.78 is 5.21. The van der Waals surface area contributed by atoms with E-state index in [1.807, 2.05) is 30.3 Å². The average Bonchev–Trinajstić information content (AvgIpc) is 2.85. The van der Waals surface area contributed by atoms with Crippen LogP contribution < -0.4 is 10.1 Å². The number of benzene rings is 1. The molecule has 1 heterocycles. The van der Waals surface area contributed by atoms with E-state index >= 15 is 0 Å². The van der Waals surface area contributed by atoms with Crippen LogP contribution >= 0.6 is 0 Å². The monoisotopic (exact) mass is 245 g/mol. The summed E-state index contributed by atoms with van der Waals surface area (Å²) in [6.45, 7) is 5.26. The molecule has 0 unspecified atom stereocenters. The van der Waals surface area contributed by atoms with E-state index in [9.17, 15) is 0 Å². The minimum absolute atomic E-state index is 0.599. The molecule has 0 atom stereocenters. The van der Waals surface area contributed by atoms with Crippen LogP contribution in [0.4, 0.5) is 5.82 Å². The SMILES string of the molecule is COc1cccc(-c2cc(NCC(C)C)n[nH]2)c1. The molecule has 2 rings (SSSR count). The van der Waals surface area contributed by atoms with Crippen molar-refractivity contribution < 1.29 is 4.74 Å². The largest absolute Gasteiger partial charge is 0.497 e. The molecule has 0 aliphatic rings. The number of nitrogens with one attached hydrogen (secondary N) is 2. The van der Waals surface area contributed by atoms with E-state index < -0.39 is 0 Å². The lowest BCUT2D eigenvalue weighted by molar-refractivity contribution is 0.415. The molecule has 4 nitrogen and oxygen atoms in total. The predicted molar refractivity (Wildman–Crippen MR) is 73.9 cm³/mol. The lowest BCUT2D eigenvalue weighted by atomic mass is 10.1. The number of hydrogen-bond acceptors (Lipinski definition) is 3. The van der Waals surface area contributed by atoms with E-state index in [1.54, 1.807) is 7.11 Å². The quantitative estimate of drug-likeness (QED) is 0.850. The number of rotatable bonds is 5. The normalized spacial score (nSPS) is 10.7. The first kappa shape index (κ1) is 12.5. The average molecular weight is 245 g/mol. The Labute approximate surface area is 107 Å². The second-order valence-corrected chi connectivity index (χ2v) is 4.67. The van der Waals surface area contributed by atoms with E-state index in [2.05, 4.69) is 29.4 Å². The standard InChI is InChI=1S/C14H19N3O/c1-10(2)9-15-14-8-13(16-17-14)11-5-4-6-12(7-11)18-3/h4-8,10H,9H2,1-3H3,(H2,15,16,17). The van der Waals surface area contributed by atoms with Crippen LogP contribution in [0.15, 0.2) is 30.3 Å². The number of aromatic amines is 1. The molecule has 0 radical (unpaired) electrons. The number of aromatic nitrogens is 2. The zero-order chi connectivity index (χ0) is 13.0. The molecule has 2 N–H and O–H groups in total. The Kier molecular flexibility index (Phi) is 3.87. The van der Waals surface area contributed by atoms with Crippen LogP contribution in [-0.4, -0.2) is 23.9 Å². The minimum Gasteiger partial charge on any atom is -0.497 e. The van der Waals surface area contributed by atoms with E-state index in [-0.39, 0.29) is 0 Å². The molecule has 0 aliphatic heterocycles. The number of methoxy groups -OCH3 is 1. The van der Waals surface area contributed by atoms with Gasteiger partial charge in [0.05, 0.1) is 12.8 Å². The highest BCUT2D eigenvalue weighted by Crippen LogP contribution is 2.23. The maximum Gasteiger partial charge on any atom is 0.148 e. The number of hydrogen-bond donors (Lipinski definition) is 2. The maximum absolute atomic E-state index is 5.21. The van der Waals surface area contributed by atoms with Crippen molar-refractivity contribution in [2.24, 2.45) is 5.92 Å². The highest BCUT2D eigenvalue weighted by atomic mass is 16.5. The van der Waals surface area contributed by atoms with Gasteiger partial charge in [-0.15, -0.1) is 0 Å². The van der Waals surface area contributed by atoms with Crippen molar-refractivity contribution in [2.45, 2.75) is 13.8 Å². The molecule has 0 saturated carbocycles. The minimum atomic E-state index is 0.599. The molecule has 0 spiro atoms. The topological polar surface area (TPSA) is 49.9 Å². The maximum atomic E-state index is 5.21. The predicted octanol–water partition coefficient (Wildman–Crippen LogP) is 3.15. The summed E-state index contributed by atoms with van der Waals surface area (Å²) in [4.78, 5) is 0. The van der Waals surface area contributed by atoms with Crippen molar-refractivity contribution >= 4 is 5.82 Å². The number of nitrogens with zero attached hydrogens (tertiary/aromatic N) is 1. The van der Waals surface area contributed by atoms with E-state index in [0.29, 0.717) is 5.92 Å². The smallest absolute Gasteiger partial charge is 0.148 e. The molecule has 4 heteroatoms. The van der Waals surface area contributed by atoms with Crippen molar-refractivity contribution in [3.8, 4) is 17.0 Å². The molecular formula is C14H19N3O. The Morgan fingerprint density at radius 3 is 2.89 bits per heavy atom. The van der Waals surface area contributed by atoms with Gasteiger partial charge in [0, 0.05) is 18.2 Å². The first-order valence-electron chi connectivity index (χ1n) is 6.12. The fraction of sp³-hybridized carbons (Fsp3) is 0.357. The zero-order valence-corrected chi connectivity index (χ0v) is 11.0. The van der Waals surface area contributed by atoms with Gasteiger partial charge in [0.15, 0.2) is 0 Å². The second kappa shape index (κ2) is 5.58. The third kappa shape index (κ3) is 3.03. The van der Waals surface area contributed by atoms with Crippen LogP contribution in [0.1, 0.15) is 13.8 Å². The fourth-order valence-electron chi connectivity index (χ4n) is 1.66. The molecule has 18 heavy (non-hydrogen) atoms. The van der Waals surface area contributed by atoms with Gasteiger partial charge in [-0.3, -0.25) is 5.10 Å². The molecule has 1 aromatic carbocycles. The Morgan fingerprint density at radius 1 is 1.33 bits per heavy atom. The molecule has 0 aliphatic carbocycles. The van der Waals surface area contributed by atoms with Crippen LogP contribution in [0.25, 0.3) is 11.3 Å². The van der Waals surface area contributed by atoms with Gasteiger partial charge in [-0.1, -0.05) is 26.0 Å². The van der Waals surface area contributed by atoms with Gasteiger partial charge in [0.25, 0.3) is 0 Å². The third-order valence-electron chi connectivity index (χ3n) is 2.65. The van der Waals surface area contributed by atoms with Gasteiger partial charge in [0.2, 0.25) is 0 Å². The van der Waals surface area contributed by atoms with Gasteiger partial charge < -0.3 is 10.1 Å². The summed E-state index contributed by atoms with van der Waals surface area (Å²) >= 11 is 0. The highest BCUT2D eigenvalue weighted by molar-refractivity contribution is 5.64. The molecule has 0 fully saturated rings.